The fraction of sp³-hybridized carbons (Fsp3) is 0.200. The van der Waals surface area contributed by atoms with E-state index in [9.17, 15) is 4.39 Å². The van der Waals surface area contributed by atoms with Gasteiger partial charge in [0.05, 0.1) is 0 Å². The molecular formula is C15H14Br2FN. The zero-order valence-electron chi connectivity index (χ0n) is 10.7. The molecule has 0 heterocycles. The van der Waals surface area contributed by atoms with Crippen LogP contribution in [0.5, 0.6) is 0 Å². The first kappa shape index (κ1) is 14.5. The quantitative estimate of drug-likeness (QED) is 0.725. The summed E-state index contributed by atoms with van der Waals surface area (Å²) in [5.41, 5.74) is 4.35. The van der Waals surface area contributed by atoms with E-state index in [1.807, 2.05) is 6.07 Å². The molecule has 0 aliphatic carbocycles. The molecule has 0 bridgehead atoms. The fourth-order valence-electron chi connectivity index (χ4n) is 2.09. The molecule has 0 radical (unpaired) electrons. The Bertz CT molecular complexity index is 568. The number of hydrogen-bond donors (Lipinski definition) is 1. The highest BCUT2D eigenvalue weighted by molar-refractivity contribution is 9.10. The summed E-state index contributed by atoms with van der Waals surface area (Å²) in [7, 11) is 0. The van der Waals surface area contributed by atoms with E-state index < -0.39 is 0 Å². The predicted octanol–water partition coefficient (Wildman–Crippen LogP) is 5.58. The highest BCUT2D eigenvalue weighted by Crippen LogP contribution is 2.26. The Labute approximate surface area is 129 Å². The van der Waals surface area contributed by atoms with Crippen molar-refractivity contribution < 1.29 is 4.39 Å². The number of aryl methyl sites for hydroxylation is 2. The number of nitrogens with one attached hydrogen (secondary N) is 1. The van der Waals surface area contributed by atoms with Crippen LogP contribution in [-0.2, 0) is 6.54 Å². The Hall–Kier alpha value is -0.870. The summed E-state index contributed by atoms with van der Waals surface area (Å²) in [5.74, 6) is -0.226. The van der Waals surface area contributed by atoms with Crippen LogP contribution in [0.1, 0.15) is 16.7 Å². The molecule has 0 saturated heterocycles. The molecule has 0 amide bonds. The largest absolute Gasteiger partial charge is 0.381 e. The maximum atomic E-state index is 13.3. The Morgan fingerprint density at radius 1 is 0.947 bits per heavy atom. The fourth-order valence-corrected chi connectivity index (χ4v) is 3.29. The van der Waals surface area contributed by atoms with Crippen LogP contribution in [-0.4, -0.2) is 0 Å². The van der Waals surface area contributed by atoms with Gasteiger partial charge in [-0.15, -0.1) is 0 Å². The minimum Gasteiger partial charge on any atom is -0.381 e. The van der Waals surface area contributed by atoms with Crippen LogP contribution in [0.15, 0.2) is 39.3 Å². The molecule has 0 aliphatic rings. The topological polar surface area (TPSA) is 12.0 Å². The van der Waals surface area contributed by atoms with Crippen molar-refractivity contribution in [2.45, 2.75) is 20.4 Å². The molecule has 0 atom stereocenters. The summed E-state index contributed by atoms with van der Waals surface area (Å²) in [6.07, 6.45) is 0. The van der Waals surface area contributed by atoms with Crippen LogP contribution in [0.25, 0.3) is 0 Å². The standard InChI is InChI=1S/C15H14Br2FN/c1-9-3-12(16)4-10(2)15(9)19-8-11-5-13(17)7-14(18)6-11/h3-7,19H,8H2,1-2H3. The first-order valence-electron chi connectivity index (χ1n) is 5.91. The second kappa shape index (κ2) is 6.06. The molecule has 2 rings (SSSR count). The summed E-state index contributed by atoms with van der Waals surface area (Å²) in [6.45, 7) is 4.71. The highest BCUT2D eigenvalue weighted by atomic mass is 79.9. The van der Waals surface area contributed by atoms with Gasteiger partial charge in [0.1, 0.15) is 5.82 Å². The number of halogens is 3. The zero-order valence-corrected chi connectivity index (χ0v) is 13.9. The molecule has 0 saturated carbocycles. The van der Waals surface area contributed by atoms with Crippen LogP contribution >= 0.6 is 31.9 Å². The first-order valence-corrected chi connectivity index (χ1v) is 7.50. The van der Waals surface area contributed by atoms with Crippen LogP contribution < -0.4 is 5.32 Å². The van der Waals surface area contributed by atoms with Gasteiger partial charge in [-0.1, -0.05) is 31.9 Å². The Morgan fingerprint density at radius 2 is 1.53 bits per heavy atom. The number of anilines is 1. The molecule has 0 aromatic heterocycles. The van der Waals surface area contributed by atoms with Gasteiger partial charge in [-0.25, -0.2) is 4.39 Å². The highest BCUT2D eigenvalue weighted by Gasteiger charge is 2.05. The van der Waals surface area contributed by atoms with Gasteiger partial charge in [0.2, 0.25) is 0 Å². The third-order valence-corrected chi connectivity index (χ3v) is 3.80. The molecule has 1 N–H and O–H groups in total. The van der Waals surface area contributed by atoms with Gasteiger partial charge in [-0.05, 0) is 60.9 Å². The van der Waals surface area contributed by atoms with Gasteiger partial charge in [0, 0.05) is 21.2 Å². The van der Waals surface area contributed by atoms with Crippen LogP contribution in [0, 0.1) is 19.7 Å². The van der Waals surface area contributed by atoms with Gasteiger partial charge in [-0.2, -0.15) is 0 Å². The van der Waals surface area contributed by atoms with E-state index in [-0.39, 0.29) is 5.82 Å². The average molecular weight is 387 g/mol. The number of rotatable bonds is 3. The zero-order chi connectivity index (χ0) is 14.0. The maximum absolute atomic E-state index is 13.3. The molecule has 100 valence electrons. The van der Waals surface area contributed by atoms with Crippen LogP contribution in [0.2, 0.25) is 0 Å². The normalized spacial score (nSPS) is 10.6. The Kier molecular flexibility index (Phi) is 4.63. The van der Waals surface area contributed by atoms with Gasteiger partial charge in [-0.3, -0.25) is 0 Å². The lowest BCUT2D eigenvalue weighted by Gasteiger charge is -2.13. The second-order valence-corrected chi connectivity index (χ2v) is 6.38. The smallest absolute Gasteiger partial charge is 0.124 e. The molecule has 2 aromatic rings. The predicted molar refractivity (Wildman–Crippen MR) is 85.0 cm³/mol. The first-order chi connectivity index (χ1) is 8.95. The van der Waals surface area contributed by atoms with Crippen molar-refractivity contribution in [3.05, 3.63) is 61.8 Å². The van der Waals surface area contributed by atoms with Crippen molar-refractivity contribution in [2.75, 3.05) is 5.32 Å². The molecule has 1 nitrogen and oxygen atoms in total. The molecule has 4 heteroatoms. The van der Waals surface area contributed by atoms with Gasteiger partial charge in [0.15, 0.2) is 0 Å². The SMILES string of the molecule is Cc1cc(Br)cc(C)c1NCc1cc(F)cc(Br)c1. The van der Waals surface area contributed by atoms with Crippen molar-refractivity contribution >= 4 is 37.5 Å². The maximum Gasteiger partial charge on any atom is 0.124 e. The van der Waals surface area contributed by atoms with Crippen molar-refractivity contribution in [1.29, 1.82) is 0 Å². The second-order valence-electron chi connectivity index (χ2n) is 4.55. The van der Waals surface area contributed by atoms with Crippen molar-refractivity contribution in [1.82, 2.24) is 0 Å². The van der Waals surface area contributed by atoms with Gasteiger partial charge >= 0.3 is 0 Å². The Balaban J connectivity index is 2.19. The summed E-state index contributed by atoms with van der Waals surface area (Å²) < 4.78 is 15.1. The number of benzene rings is 2. The average Bonchev–Trinajstić information content (AvgIpc) is 2.25. The molecule has 19 heavy (non-hydrogen) atoms. The van der Waals surface area contributed by atoms with E-state index in [1.165, 1.54) is 17.2 Å². The van der Waals surface area contributed by atoms with E-state index in [4.69, 9.17) is 0 Å². The molecule has 2 aromatic carbocycles. The molecule has 0 aliphatic heterocycles. The summed E-state index contributed by atoms with van der Waals surface area (Å²) in [4.78, 5) is 0. The molecule has 0 unspecified atom stereocenters. The van der Waals surface area contributed by atoms with E-state index in [0.717, 1.165) is 20.2 Å². The van der Waals surface area contributed by atoms with Gasteiger partial charge in [0.25, 0.3) is 0 Å². The minimum absolute atomic E-state index is 0.226. The van der Waals surface area contributed by atoms with E-state index in [2.05, 4.69) is 63.2 Å². The molecular weight excluding hydrogens is 373 g/mol. The third kappa shape index (κ3) is 3.80. The van der Waals surface area contributed by atoms with Crippen molar-refractivity contribution in [2.24, 2.45) is 0 Å². The Morgan fingerprint density at radius 3 is 2.11 bits per heavy atom. The van der Waals surface area contributed by atoms with Crippen LogP contribution in [0.4, 0.5) is 10.1 Å². The molecule has 0 spiro atoms. The summed E-state index contributed by atoms with van der Waals surface area (Å²) in [5, 5.41) is 3.37. The monoisotopic (exact) mass is 385 g/mol. The summed E-state index contributed by atoms with van der Waals surface area (Å²) in [6, 6.07) is 9.05. The molecule has 0 fully saturated rings. The van der Waals surface area contributed by atoms with Crippen molar-refractivity contribution in [3.8, 4) is 0 Å². The van der Waals surface area contributed by atoms with Crippen molar-refractivity contribution in [3.63, 3.8) is 0 Å². The minimum atomic E-state index is -0.226. The third-order valence-electron chi connectivity index (χ3n) is 2.89. The van der Waals surface area contributed by atoms with E-state index in [1.54, 1.807) is 6.07 Å². The van der Waals surface area contributed by atoms with Gasteiger partial charge < -0.3 is 5.32 Å². The number of hydrogen-bond acceptors (Lipinski definition) is 1. The lowest BCUT2D eigenvalue weighted by molar-refractivity contribution is 0.625. The van der Waals surface area contributed by atoms with E-state index >= 15 is 0 Å². The van der Waals surface area contributed by atoms with Crippen LogP contribution in [0.3, 0.4) is 0 Å². The lowest BCUT2D eigenvalue weighted by atomic mass is 10.1. The summed E-state index contributed by atoms with van der Waals surface area (Å²) >= 11 is 6.78. The lowest BCUT2D eigenvalue weighted by Crippen LogP contribution is -2.03. The van der Waals surface area contributed by atoms with E-state index in [0.29, 0.717) is 6.54 Å².